The molecular weight excluding hydrogens is 150 g/mol. The second kappa shape index (κ2) is 2.77. The molecule has 1 radical (unpaired) electrons. The molecule has 0 unspecified atom stereocenters. The van der Waals surface area contributed by atoms with Crippen LogP contribution >= 0.6 is 0 Å². The molecule has 0 saturated heterocycles. The van der Waals surface area contributed by atoms with E-state index < -0.39 is 0 Å². The molecule has 0 aliphatic heterocycles. The lowest BCUT2D eigenvalue weighted by Crippen LogP contribution is -1.98. The van der Waals surface area contributed by atoms with Crippen LogP contribution in [0.2, 0.25) is 0 Å². The molecule has 0 aliphatic rings. The van der Waals surface area contributed by atoms with Gasteiger partial charge in [-0.3, -0.25) is 4.98 Å². The Hall–Kier alpha value is -1.64. The highest BCUT2D eigenvalue weighted by molar-refractivity contribution is 5.28. The minimum atomic E-state index is 0.969. The van der Waals surface area contributed by atoms with Gasteiger partial charge in [0.2, 0.25) is 0 Å². The first-order valence-electron chi connectivity index (χ1n) is 3.70. The van der Waals surface area contributed by atoms with Gasteiger partial charge < -0.3 is 0 Å². The van der Waals surface area contributed by atoms with E-state index in [0.29, 0.717) is 0 Å². The molecule has 0 spiro atoms. The predicted octanol–water partition coefficient (Wildman–Crippen LogP) is 1.38. The first-order chi connectivity index (χ1) is 5.88. The summed E-state index contributed by atoms with van der Waals surface area (Å²) in [5, 5.41) is 4.11. The number of nitrogens with zero attached hydrogens (tertiary/aromatic N) is 3. The first-order valence-corrected chi connectivity index (χ1v) is 3.70. The topological polar surface area (TPSA) is 30.7 Å². The van der Waals surface area contributed by atoms with Crippen LogP contribution in [-0.4, -0.2) is 14.8 Å². The summed E-state index contributed by atoms with van der Waals surface area (Å²) in [6, 6.07) is 6.84. The van der Waals surface area contributed by atoms with Gasteiger partial charge in [-0.25, -0.2) is 4.68 Å². The van der Waals surface area contributed by atoms with Crippen molar-refractivity contribution in [1.82, 2.24) is 14.8 Å². The Balaban J connectivity index is 2.51. The van der Waals surface area contributed by atoms with Gasteiger partial charge in [-0.2, -0.15) is 5.10 Å². The first kappa shape index (κ1) is 7.03. The maximum Gasteiger partial charge on any atom is 0.0832 e. The smallest absolute Gasteiger partial charge is 0.0832 e. The molecule has 0 saturated carbocycles. The van der Waals surface area contributed by atoms with Crippen LogP contribution in [-0.2, 0) is 0 Å². The molecule has 0 aliphatic carbocycles. The lowest BCUT2D eigenvalue weighted by atomic mass is 10.4. The van der Waals surface area contributed by atoms with Crippen LogP contribution in [0.1, 0.15) is 5.69 Å². The Bertz CT molecular complexity index is 364. The Kier molecular flexibility index (Phi) is 1.63. The Morgan fingerprint density at radius 3 is 3.00 bits per heavy atom. The molecule has 3 heteroatoms. The van der Waals surface area contributed by atoms with E-state index in [1.807, 2.05) is 19.1 Å². The summed E-state index contributed by atoms with van der Waals surface area (Å²) in [7, 11) is 0. The summed E-state index contributed by atoms with van der Waals surface area (Å²) in [6.45, 7) is 1.96. The third-order valence-corrected chi connectivity index (χ3v) is 1.65. The molecule has 0 amide bonds. The molecule has 0 bridgehead atoms. The standard InChI is InChI=1S/C9H8N3/c1-8-4-6-11-12(8)9-3-2-5-10-7-9/h2-3,5-7H,1H3. The Morgan fingerprint density at radius 2 is 2.42 bits per heavy atom. The van der Waals surface area contributed by atoms with Gasteiger partial charge in [0.15, 0.2) is 0 Å². The van der Waals surface area contributed by atoms with Crippen molar-refractivity contribution in [2.45, 2.75) is 6.92 Å². The van der Waals surface area contributed by atoms with E-state index in [1.165, 1.54) is 0 Å². The van der Waals surface area contributed by atoms with Crippen molar-refractivity contribution in [3.63, 3.8) is 0 Å². The number of rotatable bonds is 1. The van der Waals surface area contributed by atoms with Crippen LogP contribution in [0, 0.1) is 13.0 Å². The molecule has 2 heterocycles. The van der Waals surface area contributed by atoms with E-state index in [9.17, 15) is 0 Å². The van der Waals surface area contributed by atoms with Crippen LogP contribution in [0.4, 0.5) is 0 Å². The largest absolute Gasteiger partial charge is 0.262 e. The third kappa shape index (κ3) is 1.09. The van der Waals surface area contributed by atoms with Gasteiger partial charge in [0.1, 0.15) is 0 Å². The normalized spacial score (nSPS) is 10.1. The van der Waals surface area contributed by atoms with E-state index in [-0.39, 0.29) is 0 Å². The van der Waals surface area contributed by atoms with E-state index in [2.05, 4.69) is 16.1 Å². The number of aryl methyl sites for hydroxylation is 1. The second-order valence-electron chi connectivity index (χ2n) is 2.50. The summed E-state index contributed by atoms with van der Waals surface area (Å²) in [6.07, 6.45) is 5.17. The van der Waals surface area contributed by atoms with Gasteiger partial charge in [-0.05, 0) is 19.1 Å². The molecule has 12 heavy (non-hydrogen) atoms. The van der Waals surface area contributed by atoms with Crippen molar-refractivity contribution in [3.8, 4) is 5.69 Å². The van der Waals surface area contributed by atoms with E-state index in [0.717, 1.165) is 11.4 Å². The zero-order chi connectivity index (χ0) is 8.39. The lowest BCUT2D eigenvalue weighted by Gasteiger charge is -2.01. The Morgan fingerprint density at radius 1 is 1.50 bits per heavy atom. The van der Waals surface area contributed by atoms with Gasteiger partial charge in [-0.1, -0.05) is 0 Å². The Labute approximate surface area is 70.7 Å². The van der Waals surface area contributed by atoms with Gasteiger partial charge in [-0.15, -0.1) is 0 Å². The molecule has 0 N–H and O–H groups in total. The zero-order valence-corrected chi connectivity index (χ0v) is 6.73. The minimum absolute atomic E-state index is 0.969. The van der Waals surface area contributed by atoms with Crippen molar-refractivity contribution < 1.29 is 0 Å². The van der Waals surface area contributed by atoms with E-state index in [4.69, 9.17) is 0 Å². The van der Waals surface area contributed by atoms with Gasteiger partial charge >= 0.3 is 0 Å². The van der Waals surface area contributed by atoms with E-state index in [1.54, 1.807) is 23.3 Å². The van der Waals surface area contributed by atoms with Gasteiger partial charge in [0, 0.05) is 18.0 Å². The fraction of sp³-hybridized carbons (Fsp3) is 0.111. The van der Waals surface area contributed by atoms with E-state index >= 15 is 0 Å². The quantitative estimate of drug-likeness (QED) is 0.627. The highest BCUT2D eigenvalue weighted by Crippen LogP contribution is 2.05. The van der Waals surface area contributed by atoms with Crippen molar-refractivity contribution in [1.29, 1.82) is 0 Å². The molecular formula is C9H8N3. The summed E-state index contributed by atoms with van der Waals surface area (Å²) >= 11 is 0. The monoisotopic (exact) mass is 158 g/mol. The van der Waals surface area contributed by atoms with Crippen molar-refractivity contribution in [2.24, 2.45) is 0 Å². The predicted molar refractivity (Wildman–Crippen MR) is 44.9 cm³/mol. The van der Waals surface area contributed by atoms with Gasteiger partial charge in [0.25, 0.3) is 0 Å². The molecule has 0 atom stereocenters. The highest BCUT2D eigenvalue weighted by atomic mass is 15.3. The summed E-state index contributed by atoms with van der Waals surface area (Å²) in [5.41, 5.74) is 1.96. The molecule has 2 rings (SSSR count). The molecule has 2 aromatic heterocycles. The maximum absolute atomic E-state index is 4.11. The molecule has 3 nitrogen and oxygen atoms in total. The lowest BCUT2D eigenvalue weighted by molar-refractivity contribution is 0.841. The summed E-state index contributed by atoms with van der Waals surface area (Å²) < 4.78 is 1.80. The minimum Gasteiger partial charge on any atom is -0.262 e. The number of aromatic nitrogens is 3. The highest BCUT2D eigenvalue weighted by Gasteiger charge is 1.98. The third-order valence-electron chi connectivity index (χ3n) is 1.65. The molecule has 0 aromatic carbocycles. The molecule has 59 valence electrons. The van der Waals surface area contributed by atoms with Crippen molar-refractivity contribution in [2.75, 3.05) is 0 Å². The van der Waals surface area contributed by atoms with Crippen molar-refractivity contribution >= 4 is 0 Å². The fourth-order valence-corrected chi connectivity index (χ4v) is 1.07. The summed E-state index contributed by atoms with van der Waals surface area (Å²) in [4.78, 5) is 4.01. The van der Waals surface area contributed by atoms with Crippen molar-refractivity contribution in [3.05, 3.63) is 42.5 Å². The van der Waals surface area contributed by atoms with Crippen LogP contribution in [0.15, 0.2) is 30.7 Å². The number of pyridine rings is 1. The van der Waals surface area contributed by atoms with Crippen LogP contribution in [0.25, 0.3) is 5.69 Å². The SMILES string of the molecule is Cc1[c]cnn1-c1cccnc1. The fourth-order valence-electron chi connectivity index (χ4n) is 1.07. The van der Waals surface area contributed by atoms with Crippen LogP contribution in [0.5, 0.6) is 0 Å². The summed E-state index contributed by atoms with van der Waals surface area (Å²) in [5.74, 6) is 0. The molecule has 2 aromatic rings. The van der Waals surface area contributed by atoms with Crippen LogP contribution in [0.3, 0.4) is 0 Å². The number of hydrogen-bond donors (Lipinski definition) is 0. The molecule has 0 fully saturated rings. The second-order valence-corrected chi connectivity index (χ2v) is 2.50. The van der Waals surface area contributed by atoms with Crippen LogP contribution < -0.4 is 0 Å². The average molecular weight is 158 g/mol. The number of hydrogen-bond acceptors (Lipinski definition) is 2. The zero-order valence-electron chi connectivity index (χ0n) is 6.73. The average Bonchev–Trinajstić information content (AvgIpc) is 2.53. The van der Waals surface area contributed by atoms with Gasteiger partial charge in [0.05, 0.1) is 18.1 Å². The maximum atomic E-state index is 4.11.